The molecule has 0 aromatic carbocycles. The molecule has 5 nitrogen and oxygen atoms in total. The highest BCUT2D eigenvalue weighted by Gasteiger charge is 2.13. The first-order valence-corrected chi connectivity index (χ1v) is 6.87. The number of carbonyl (C=O) groups excluding carboxylic acids is 1. The van der Waals surface area contributed by atoms with Crippen molar-refractivity contribution in [1.29, 1.82) is 0 Å². The number of nitrogens with two attached hydrogens (primary N) is 1. The highest BCUT2D eigenvalue weighted by Crippen LogP contribution is 2.04. The van der Waals surface area contributed by atoms with E-state index in [9.17, 15) is 4.79 Å². The summed E-state index contributed by atoms with van der Waals surface area (Å²) < 4.78 is 11.0. The number of hydrogen-bond acceptors (Lipinski definition) is 4. The third-order valence-electron chi connectivity index (χ3n) is 2.59. The molecule has 0 fully saturated rings. The molecule has 108 valence electrons. The minimum Gasteiger partial charge on any atom is -0.369 e. The molecule has 0 radical (unpaired) electrons. The lowest BCUT2D eigenvalue weighted by molar-refractivity contribution is -0.142. The van der Waals surface area contributed by atoms with Crippen LogP contribution in [0.1, 0.15) is 40.0 Å². The molecule has 2 N–H and O–H groups in total. The third kappa shape index (κ3) is 9.39. The molecule has 5 heteroatoms. The van der Waals surface area contributed by atoms with E-state index in [-0.39, 0.29) is 12.2 Å². The monoisotopic (exact) mass is 260 g/mol. The zero-order chi connectivity index (χ0) is 13.8. The lowest BCUT2D eigenvalue weighted by Gasteiger charge is -2.23. The van der Waals surface area contributed by atoms with Crippen molar-refractivity contribution in [3.8, 4) is 0 Å². The van der Waals surface area contributed by atoms with Gasteiger partial charge in [0.05, 0.1) is 6.54 Å². The predicted octanol–water partition coefficient (Wildman–Crippen LogP) is 1.36. The van der Waals surface area contributed by atoms with Crippen molar-refractivity contribution in [2.24, 2.45) is 5.73 Å². The summed E-state index contributed by atoms with van der Waals surface area (Å²) in [6.07, 6.45) is 2.76. The van der Waals surface area contributed by atoms with E-state index < -0.39 is 0 Å². The Morgan fingerprint density at radius 3 is 2.22 bits per heavy atom. The van der Waals surface area contributed by atoms with Crippen molar-refractivity contribution in [1.82, 2.24) is 4.90 Å². The summed E-state index contributed by atoms with van der Waals surface area (Å²) in [4.78, 5) is 13.1. The summed E-state index contributed by atoms with van der Waals surface area (Å²) in [7, 11) is 0. The molecule has 0 heterocycles. The maximum Gasteiger partial charge on any atom is 0.231 e. The highest BCUT2D eigenvalue weighted by atomic mass is 16.7. The number of amides is 1. The van der Waals surface area contributed by atoms with E-state index in [0.29, 0.717) is 19.8 Å². The van der Waals surface area contributed by atoms with Crippen molar-refractivity contribution in [3.63, 3.8) is 0 Å². The van der Waals surface area contributed by atoms with E-state index in [2.05, 4.69) is 11.8 Å². The van der Waals surface area contributed by atoms with Gasteiger partial charge in [-0.15, -0.1) is 0 Å². The van der Waals surface area contributed by atoms with E-state index >= 15 is 0 Å². The number of carbonyl (C=O) groups is 1. The first kappa shape index (κ1) is 17.4. The van der Waals surface area contributed by atoms with Gasteiger partial charge in [0.1, 0.15) is 0 Å². The molecular weight excluding hydrogens is 232 g/mol. The van der Waals surface area contributed by atoms with Gasteiger partial charge in [0.25, 0.3) is 0 Å². The smallest absolute Gasteiger partial charge is 0.231 e. The van der Waals surface area contributed by atoms with Gasteiger partial charge >= 0.3 is 0 Å². The van der Waals surface area contributed by atoms with Crippen molar-refractivity contribution < 1.29 is 14.3 Å². The number of primary amides is 1. The van der Waals surface area contributed by atoms with Gasteiger partial charge in [0.2, 0.25) is 5.91 Å². The summed E-state index contributed by atoms with van der Waals surface area (Å²) in [5, 5.41) is 0. The van der Waals surface area contributed by atoms with Crippen molar-refractivity contribution in [3.05, 3.63) is 0 Å². The lowest BCUT2D eigenvalue weighted by atomic mass is 10.3. The van der Waals surface area contributed by atoms with Crippen LogP contribution < -0.4 is 5.73 Å². The van der Waals surface area contributed by atoms with E-state index in [1.54, 1.807) is 0 Å². The summed E-state index contributed by atoms with van der Waals surface area (Å²) in [6.45, 7) is 9.27. The average molecular weight is 260 g/mol. The van der Waals surface area contributed by atoms with Crippen LogP contribution in [0, 0.1) is 0 Å². The van der Waals surface area contributed by atoms with Crippen LogP contribution in [0.3, 0.4) is 0 Å². The molecule has 0 aliphatic carbocycles. The third-order valence-corrected chi connectivity index (χ3v) is 2.59. The Balaban J connectivity index is 4.06. The number of nitrogens with zero attached hydrogens (tertiary/aromatic N) is 1. The highest BCUT2D eigenvalue weighted by molar-refractivity contribution is 5.75. The number of unbranched alkanes of at least 4 members (excludes halogenated alkanes) is 1. The van der Waals surface area contributed by atoms with Crippen LogP contribution in [0.15, 0.2) is 0 Å². The van der Waals surface area contributed by atoms with Crippen molar-refractivity contribution in [2.45, 2.75) is 46.3 Å². The minimum absolute atomic E-state index is 0.183. The molecule has 1 amide bonds. The SMILES string of the molecule is CCCCN(CCC(OCC)OCC)CC(N)=O. The maximum absolute atomic E-state index is 11.0. The van der Waals surface area contributed by atoms with Gasteiger partial charge in [0.15, 0.2) is 6.29 Å². The summed E-state index contributed by atoms with van der Waals surface area (Å²) in [6, 6.07) is 0. The Morgan fingerprint density at radius 2 is 1.78 bits per heavy atom. The zero-order valence-corrected chi connectivity index (χ0v) is 12.0. The normalized spacial score (nSPS) is 11.4. The fourth-order valence-electron chi connectivity index (χ4n) is 1.75. The predicted molar refractivity (Wildman–Crippen MR) is 72.2 cm³/mol. The largest absolute Gasteiger partial charge is 0.369 e. The second kappa shape index (κ2) is 11.4. The van der Waals surface area contributed by atoms with E-state index in [1.165, 1.54) is 0 Å². The van der Waals surface area contributed by atoms with Crippen molar-refractivity contribution >= 4 is 5.91 Å². The van der Waals surface area contributed by atoms with Crippen LogP contribution in [0.25, 0.3) is 0 Å². The Morgan fingerprint density at radius 1 is 1.17 bits per heavy atom. The maximum atomic E-state index is 11.0. The molecule has 0 aromatic rings. The molecule has 18 heavy (non-hydrogen) atoms. The lowest BCUT2D eigenvalue weighted by Crippen LogP contribution is -2.37. The number of ether oxygens (including phenoxy) is 2. The molecule has 0 rings (SSSR count). The summed E-state index contributed by atoms with van der Waals surface area (Å²) in [5.41, 5.74) is 5.25. The first-order valence-electron chi connectivity index (χ1n) is 6.87. The molecule has 0 saturated carbocycles. The van der Waals surface area contributed by atoms with Crippen LogP contribution in [-0.2, 0) is 14.3 Å². The van der Waals surface area contributed by atoms with Gasteiger partial charge in [-0.05, 0) is 26.8 Å². The average Bonchev–Trinajstić information content (AvgIpc) is 2.32. The van der Waals surface area contributed by atoms with Crippen LogP contribution in [0.2, 0.25) is 0 Å². The van der Waals surface area contributed by atoms with Crippen molar-refractivity contribution in [2.75, 3.05) is 32.8 Å². The second-order valence-electron chi connectivity index (χ2n) is 4.22. The number of rotatable bonds is 12. The Kier molecular flexibility index (Phi) is 11.0. The van der Waals surface area contributed by atoms with Gasteiger partial charge in [-0.1, -0.05) is 13.3 Å². The topological polar surface area (TPSA) is 64.8 Å². The Hall–Kier alpha value is -0.650. The van der Waals surface area contributed by atoms with Gasteiger partial charge < -0.3 is 15.2 Å². The van der Waals surface area contributed by atoms with E-state index in [1.807, 2.05) is 13.8 Å². The van der Waals surface area contributed by atoms with E-state index in [4.69, 9.17) is 15.2 Å². The fourth-order valence-corrected chi connectivity index (χ4v) is 1.75. The minimum atomic E-state index is -0.282. The standard InChI is InChI=1S/C13H28N2O3/c1-4-7-9-15(11-12(14)16)10-8-13(17-5-2)18-6-3/h13H,4-11H2,1-3H3,(H2,14,16). The molecule has 0 saturated heterocycles. The Bertz CT molecular complexity index is 206. The van der Waals surface area contributed by atoms with E-state index in [0.717, 1.165) is 32.4 Å². The van der Waals surface area contributed by atoms with Gasteiger partial charge in [-0.3, -0.25) is 9.69 Å². The summed E-state index contributed by atoms with van der Waals surface area (Å²) in [5.74, 6) is -0.282. The van der Waals surface area contributed by atoms with Crippen LogP contribution in [0.4, 0.5) is 0 Å². The van der Waals surface area contributed by atoms with Crippen LogP contribution in [-0.4, -0.2) is 49.9 Å². The fraction of sp³-hybridized carbons (Fsp3) is 0.923. The molecule has 0 unspecified atom stereocenters. The molecule has 0 spiro atoms. The van der Waals surface area contributed by atoms with Gasteiger partial charge in [0, 0.05) is 26.2 Å². The zero-order valence-electron chi connectivity index (χ0n) is 12.0. The molecule has 0 aliphatic rings. The second-order valence-corrected chi connectivity index (χ2v) is 4.22. The number of hydrogen-bond donors (Lipinski definition) is 1. The molecule has 0 bridgehead atoms. The van der Waals surface area contributed by atoms with Gasteiger partial charge in [-0.25, -0.2) is 0 Å². The van der Waals surface area contributed by atoms with Gasteiger partial charge in [-0.2, -0.15) is 0 Å². The molecule has 0 aliphatic heterocycles. The Labute approximate surface area is 111 Å². The van der Waals surface area contributed by atoms with Crippen LogP contribution >= 0.6 is 0 Å². The van der Waals surface area contributed by atoms with Crippen LogP contribution in [0.5, 0.6) is 0 Å². The molecular formula is C13H28N2O3. The summed E-state index contributed by atoms with van der Waals surface area (Å²) >= 11 is 0. The molecule has 0 atom stereocenters. The molecule has 0 aromatic heterocycles. The first-order chi connectivity index (χ1) is 8.63. The quantitative estimate of drug-likeness (QED) is 0.538.